The predicted octanol–water partition coefficient (Wildman–Crippen LogP) is 1.73. The van der Waals surface area contributed by atoms with Gasteiger partial charge in [0.15, 0.2) is 0 Å². The third kappa shape index (κ3) is 6.40. The first-order valence-electron chi connectivity index (χ1n) is 9.28. The molecule has 7 heteroatoms. The molecule has 0 bridgehead atoms. The molecule has 1 saturated heterocycles. The Morgan fingerprint density at radius 1 is 1.20 bits per heavy atom. The van der Waals surface area contributed by atoms with Crippen LogP contribution in [0, 0.1) is 0 Å². The number of ether oxygens (including phenoxy) is 1. The fraction of sp³-hybridized carbons (Fsp3) is 0.722. The summed E-state index contributed by atoms with van der Waals surface area (Å²) in [6.07, 6.45) is 8.68. The Morgan fingerprint density at radius 2 is 1.96 bits per heavy atom. The van der Waals surface area contributed by atoms with Gasteiger partial charge in [-0.05, 0) is 51.9 Å². The third-order valence-electron chi connectivity index (χ3n) is 4.68. The molecular formula is C18H29N3O4. The maximum absolute atomic E-state index is 12.0. The molecule has 0 aromatic carbocycles. The maximum atomic E-state index is 12.0. The fourth-order valence-electron chi connectivity index (χ4n) is 3.22. The summed E-state index contributed by atoms with van der Waals surface area (Å²) in [5, 5.41) is 5.44. The van der Waals surface area contributed by atoms with E-state index in [0.29, 0.717) is 39.1 Å². The largest absolute Gasteiger partial charge is 0.450 e. The molecular weight excluding hydrogens is 322 g/mol. The number of piperidine rings is 1. The number of likely N-dealkylation sites (tertiary alicyclic amines) is 1. The lowest BCUT2D eigenvalue weighted by molar-refractivity contribution is -0.139. The molecule has 2 rings (SSSR count). The molecule has 1 aliphatic carbocycles. The van der Waals surface area contributed by atoms with E-state index < -0.39 is 11.8 Å². The highest BCUT2D eigenvalue weighted by Crippen LogP contribution is 2.19. The Labute approximate surface area is 149 Å². The van der Waals surface area contributed by atoms with E-state index in [1.165, 1.54) is 18.4 Å². The molecule has 3 amide bonds. The van der Waals surface area contributed by atoms with Gasteiger partial charge in [-0.15, -0.1) is 0 Å². The van der Waals surface area contributed by atoms with Crippen LogP contribution < -0.4 is 10.6 Å². The second-order valence-electron chi connectivity index (χ2n) is 6.55. The normalized spacial score (nSPS) is 18.3. The minimum absolute atomic E-state index is 0.0787. The van der Waals surface area contributed by atoms with E-state index in [4.69, 9.17) is 4.74 Å². The summed E-state index contributed by atoms with van der Waals surface area (Å²) >= 11 is 0. The highest BCUT2D eigenvalue weighted by molar-refractivity contribution is 6.35. The first-order chi connectivity index (χ1) is 12.1. The topological polar surface area (TPSA) is 87.7 Å². The van der Waals surface area contributed by atoms with Crippen molar-refractivity contribution in [2.45, 2.75) is 57.9 Å². The van der Waals surface area contributed by atoms with Crippen LogP contribution in [-0.4, -0.2) is 55.1 Å². The van der Waals surface area contributed by atoms with E-state index in [1.54, 1.807) is 11.8 Å². The number of nitrogens with one attached hydrogen (secondary N) is 2. The molecule has 1 aliphatic heterocycles. The number of rotatable bonds is 5. The molecule has 0 spiro atoms. The molecule has 1 heterocycles. The summed E-state index contributed by atoms with van der Waals surface area (Å²) in [4.78, 5) is 37.1. The average molecular weight is 351 g/mol. The SMILES string of the molecule is CCOC(=O)N1CCC(NC(=O)C(=O)NCCC2=CCCCC2)CC1. The molecule has 0 saturated carbocycles. The summed E-state index contributed by atoms with van der Waals surface area (Å²) in [7, 11) is 0. The minimum atomic E-state index is -0.591. The van der Waals surface area contributed by atoms with Gasteiger partial charge in [0.25, 0.3) is 0 Å². The van der Waals surface area contributed by atoms with Crippen molar-refractivity contribution < 1.29 is 19.1 Å². The van der Waals surface area contributed by atoms with Crippen LogP contribution in [0.4, 0.5) is 4.79 Å². The monoisotopic (exact) mass is 351 g/mol. The van der Waals surface area contributed by atoms with Crippen molar-refractivity contribution in [3.05, 3.63) is 11.6 Å². The van der Waals surface area contributed by atoms with Crippen LogP contribution in [-0.2, 0) is 14.3 Å². The quantitative estimate of drug-likeness (QED) is 0.583. The van der Waals surface area contributed by atoms with E-state index >= 15 is 0 Å². The summed E-state index contributed by atoms with van der Waals surface area (Å²) < 4.78 is 4.96. The molecule has 0 aromatic rings. The van der Waals surface area contributed by atoms with Gasteiger partial charge < -0.3 is 20.3 Å². The Balaban J connectivity index is 1.63. The van der Waals surface area contributed by atoms with Gasteiger partial charge in [-0.25, -0.2) is 4.79 Å². The number of allylic oxidation sites excluding steroid dienone is 1. The van der Waals surface area contributed by atoms with Crippen LogP contribution in [0.15, 0.2) is 11.6 Å². The van der Waals surface area contributed by atoms with E-state index in [-0.39, 0.29) is 12.1 Å². The van der Waals surface area contributed by atoms with Crippen molar-refractivity contribution in [2.75, 3.05) is 26.2 Å². The lowest BCUT2D eigenvalue weighted by Gasteiger charge is -2.31. The zero-order valence-electron chi connectivity index (χ0n) is 15.0. The first kappa shape index (κ1) is 19.3. The number of hydrogen-bond acceptors (Lipinski definition) is 4. The number of carbonyl (C=O) groups is 3. The molecule has 140 valence electrons. The van der Waals surface area contributed by atoms with E-state index in [0.717, 1.165) is 19.3 Å². The number of nitrogens with zero attached hydrogens (tertiary/aromatic N) is 1. The highest BCUT2D eigenvalue weighted by Gasteiger charge is 2.26. The van der Waals surface area contributed by atoms with E-state index in [2.05, 4.69) is 16.7 Å². The molecule has 1 fully saturated rings. The molecule has 2 aliphatic rings. The van der Waals surface area contributed by atoms with Crippen molar-refractivity contribution in [3.63, 3.8) is 0 Å². The molecule has 7 nitrogen and oxygen atoms in total. The lowest BCUT2D eigenvalue weighted by Crippen LogP contribution is -2.50. The van der Waals surface area contributed by atoms with Gasteiger partial charge >= 0.3 is 17.9 Å². The lowest BCUT2D eigenvalue weighted by atomic mass is 9.97. The standard InChI is InChI=1S/C18H29N3O4/c1-2-25-18(24)21-12-9-15(10-13-21)20-17(23)16(22)19-11-8-14-6-4-3-5-7-14/h6,15H,2-5,7-13H2,1H3,(H,19,22)(H,20,23). The van der Waals surface area contributed by atoms with Crippen molar-refractivity contribution >= 4 is 17.9 Å². The Bertz CT molecular complexity index is 510. The van der Waals surface area contributed by atoms with Crippen molar-refractivity contribution in [3.8, 4) is 0 Å². The van der Waals surface area contributed by atoms with Gasteiger partial charge in [0.2, 0.25) is 0 Å². The first-order valence-corrected chi connectivity index (χ1v) is 9.28. The Kier molecular flexibility index (Phi) is 7.76. The second kappa shape index (κ2) is 10.1. The maximum Gasteiger partial charge on any atom is 0.409 e. The van der Waals surface area contributed by atoms with Gasteiger partial charge in [0, 0.05) is 25.7 Å². The van der Waals surface area contributed by atoms with Crippen molar-refractivity contribution in [1.29, 1.82) is 0 Å². The average Bonchev–Trinajstić information content (AvgIpc) is 2.63. The molecule has 0 unspecified atom stereocenters. The Morgan fingerprint density at radius 3 is 2.60 bits per heavy atom. The third-order valence-corrected chi connectivity index (χ3v) is 4.68. The minimum Gasteiger partial charge on any atom is -0.450 e. The summed E-state index contributed by atoms with van der Waals surface area (Å²) in [6, 6.07) is -0.0787. The van der Waals surface area contributed by atoms with Gasteiger partial charge in [-0.1, -0.05) is 11.6 Å². The summed E-state index contributed by atoms with van der Waals surface area (Å²) in [6.45, 7) is 3.68. The van der Waals surface area contributed by atoms with Crippen LogP contribution >= 0.6 is 0 Å². The van der Waals surface area contributed by atoms with E-state index in [9.17, 15) is 14.4 Å². The van der Waals surface area contributed by atoms with E-state index in [1.807, 2.05) is 0 Å². The zero-order chi connectivity index (χ0) is 18.1. The van der Waals surface area contributed by atoms with Crippen molar-refractivity contribution in [1.82, 2.24) is 15.5 Å². The zero-order valence-corrected chi connectivity index (χ0v) is 15.0. The number of hydrogen-bond donors (Lipinski definition) is 2. The van der Waals surface area contributed by atoms with Gasteiger partial charge in [0.05, 0.1) is 6.61 Å². The van der Waals surface area contributed by atoms with Crippen LogP contribution in [0.5, 0.6) is 0 Å². The number of amides is 3. The van der Waals surface area contributed by atoms with Gasteiger partial charge in [-0.2, -0.15) is 0 Å². The molecule has 0 atom stereocenters. The molecule has 0 radical (unpaired) electrons. The summed E-state index contributed by atoms with van der Waals surface area (Å²) in [5.74, 6) is -1.17. The Hall–Kier alpha value is -2.05. The van der Waals surface area contributed by atoms with Crippen LogP contribution in [0.25, 0.3) is 0 Å². The predicted molar refractivity (Wildman–Crippen MR) is 93.9 cm³/mol. The molecule has 25 heavy (non-hydrogen) atoms. The van der Waals surface area contributed by atoms with Crippen molar-refractivity contribution in [2.24, 2.45) is 0 Å². The molecule has 0 aromatic heterocycles. The fourth-order valence-corrected chi connectivity index (χ4v) is 3.22. The van der Waals surface area contributed by atoms with Gasteiger partial charge in [-0.3, -0.25) is 9.59 Å². The van der Waals surface area contributed by atoms with Crippen LogP contribution in [0.1, 0.15) is 51.9 Å². The summed E-state index contributed by atoms with van der Waals surface area (Å²) in [5.41, 5.74) is 1.37. The second-order valence-corrected chi connectivity index (χ2v) is 6.55. The van der Waals surface area contributed by atoms with Crippen LogP contribution in [0.2, 0.25) is 0 Å². The van der Waals surface area contributed by atoms with Crippen LogP contribution in [0.3, 0.4) is 0 Å². The highest BCUT2D eigenvalue weighted by atomic mass is 16.6. The number of carbonyl (C=O) groups excluding carboxylic acids is 3. The van der Waals surface area contributed by atoms with Gasteiger partial charge in [0.1, 0.15) is 0 Å². The smallest absolute Gasteiger partial charge is 0.409 e. The molecule has 2 N–H and O–H groups in total.